The molecular weight excluding hydrogens is 476 g/mol. The molecule has 2 atom stereocenters. The van der Waals surface area contributed by atoms with E-state index in [9.17, 15) is 0 Å². The van der Waals surface area contributed by atoms with Gasteiger partial charge in [-0.3, -0.25) is 5.10 Å². The number of anilines is 1. The van der Waals surface area contributed by atoms with Crippen molar-refractivity contribution >= 4 is 27.6 Å². The van der Waals surface area contributed by atoms with Crippen LogP contribution in [0.5, 0.6) is 0 Å². The van der Waals surface area contributed by atoms with E-state index in [-0.39, 0.29) is 6.10 Å². The molecule has 0 amide bonds. The zero-order chi connectivity index (χ0) is 26.1. The van der Waals surface area contributed by atoms with Crippen molar-refractivity contribution in [3.8, 4) is 11.5 Å². The quantitative estimate of drug-likeness (QED) is 0.307. The number of morpholine rings is 1. The number of rotatable bonds is 8. The van der Waals surface area contributed by atoms with Crippen LogP contribution < -0.4 is 4.90 Å². The third-order valence-electron chi connectivity index (χ3n) is 7.14. The number of H-pyrrole nitrogens is 2. The number of nitrogens with one attached hydrogen (secondary N) is 2. The van der Waals surface area contributed by atoms with Crippen molar-refractivity contribution in [1.82, 2.24) is 25.1 Å². The van der Waals surface area contributed by atoms with Crippen LogP contribution in [0, 0.1) is 0 Å². The number of likely N-dealkylation sites (N-methyl/N-ethyl adjacent to an activating group) is 1. The molecule has 5 aromatic rings. The zero-order valence-electron chi connectivity index (χ0n) is 22.1. The Kier molecular flexibility index (Phi) is 6.84. The summed E-state index contributed by atoms with van der Waals surface area (Å²) in [6.45, 7) is 5.76. The van der Waals surface area contributed by atoms with Crippen LogP contribution in [0.2, 0.25) is 0 Å². The average molecular weight is 511 g/mol. The number of aromatic amines is 2. The topological polar surface area (TPSA) is 82.3 Å². The molecular formula is C30H34N6O2. The minimum Gasteiger partial charge on any atom is -0.373 e. The molecule has 0 aliphatic carbocycles. The highest BCUT2D eigenvalue weighted by atomic mass is 16.5. The van der Waals surface area contributed by atoms with Crippen LogP contribution in [0.3, 0.4) is 0 Å². The lowest BCUT2D eigenvalue weighted by molar-refractivity contribution is 0.00880. The first-order valence-corrected chi connectivity index (χ1v) is 13.2. The van der Waals surface area contributed by atoms with Crippen LogP contribution in [-0.2, 0) is 22.7 Å². The number of nitrogens with zero attached hydrogens (tertiary/aromatic N) is 4. The Bertz CT molecular complexity index is 1530. The van der Waals surface area contributed by atoms with Gasteiger partial charge in [-0.15, -0.1) is 0 Å². The van der Waals surface area contributed by atoms with Gasteiger partial charge in [0.2, 0.25) is 0 Å². The summed E-state index contributed by atoms with van der Waals surface area (Å²) in [7, 11) is 4.17. The van der Waals surface area contributed by atoms with Crippen LogP contribution in [-0.4, -0.2) is 71.0 Å². The lowest BCUT2D eigenvalue weighted by Gasteiger charge is -2.40. The fourth-order valence-electron chi connectivity index (χ4n) is 5.27. The van der Waals surface area contributed by atoms with Gasteiger partial charge in [-0.05, 0) is 56.4 Å². The lowest BCUT2D eigenvalue weighted by Crippen LogP contribution is -2.51. The van der Waals surface area contributed by atoms with E-state index in [4.69, 9.17) is 14.5 Å². The van der Waals surface area contributed by atoms with E-state index in [1.807, 2.05) is 30.3 Å². The third kappa shape index (κ3) is 5.03. The molecule has 0 radical (unpaired) electrons. The van der Waals surface area contributed by atoms with Gasteiger partial charge in [0.05, 0.1) is 42.5 Å². The van der Waals surface area contributed by atoms with Crippen LogP contribution >= 0.6 is 0 Å². The van der Waals surface area contributed by atoms with E-state index in [2.05, 4.69) is 82.4 Å². The molecule has 8 heteroatoms. The molecule has 2 N–H and O–H groups in total. The molecule has 0 spiro atoms. The molecule has 1 aliphatic rings. The number of fused-ring (bicyclic) bond motifs is 2. The van der Waals surface area contributed by atoms with Crippen molar-refractivity contribution in [2.45, 2.75) is 32.3 Å². The number of hydrogen-bond acceptors (Lipinski definition) is 6. The minimum atomic E-state index is 0.187. The van der Waals surface area contributed by atoms with Gasteiger partial charge >= 0.3 is 0 Å². The van der Waals surface area contributed by atoms with Crippen molar-refractivity contribution in [2.24, 2.45) is 0 Å². The van der Waals surface area contributed by atoms with Crippen molar-refractivity contribution in [2.75, 3.05) is 38.7 Å². The van der Waals surface area contributed by atoms with E-state index < -0.39 is 0 Å². The van der Waals surface area contributed by atoms with Crippen LogP contribution in [0.25, 0.3) is 33.5 Å². The van der Waals surface area contributed by atoms with Crippen molar-refractivity contribution in [3.05, 3.63) is 77.9 Å². The summed E-state index contributed by atoms with van der Waals surface area (Å²) < 4.78 is 12.1. The Hall–Kier alpha value is -3.72. The van der Waals surface area contributed by atoms with Gasteiger partial charge in [0.15, 0.2) is 5.82 Å². The van der Waals surface area contributed by atoms with E-state index in [0.717, 1.165) is 64.3 Å². The molecule has 2 unspecified atom stereocenters. The molecule has 3 aromatic carbocycles. The SMILES string of the molecule is CC1COC(CN(C)C)CN1c1ccc2nc(-c3n[nH]c4cccc(COCc5ccccc5)c34)[nH]c2c1. The average Bonchev–Trinajstić information content (AvgIpc) is 3.54. The summed E-state index contributed by atoms with van der Waals surface area (Å²) in [4.78, 5) is 13.1. The van der Waals surface area contributed by atoms with E-state index >= 15 is 0 Å². The van der Waals surface area contributed by atoms with Gasteiger partial charge in [0.1, 0.15) is 5.69 Å². The molecule has 6 rings (SSSR count). The monoisotopic (exact) mass is 510 g/mol. The van der Waals surface area contributed by atoms with Gasteiger partial charge in [-0.25, -0.2) is 4.98 Å². The van der Waals surface area contributed by atoms with Gasteiger partial charge in [-0.1, -0.05) is 42.5 Å². The zero-order valence-corrected chi connectivity index (χ0v) is 22.1. The number of aromatic nitrogens is 4. The summed E-state index contributed by atoms with van der Waals surface area (Å²) in [5.74, 6) is 0.749. The summed E-state index contributed by atoms with van der Waals surface area (Å²) in [5.41, 5.74) is 7.10. The predicted octanol–water partition coefficient (Wildman–Crippen LogP) is 4.98. The molecule has 0 saturated carbocycles. The maximum atomic E-state index is 6.07. The predicted molar refractivity (Wildman–Crippen MR) is 151 cm³/mol. The van der Waals surface area contributed by atoms with E-state index in [1.165, 1.54) is 5.69 Å². The third-order valence-corrected chi connectivity index (χ3v) is 7.14. The van der Waals surface area contributed by atoms with Crippen molar-refractivity contribution in [3.63, 3.8) is 0 Å². The fourth-order valence-corrected chi connectivity index (χ4v) is 5.27. The largest absolute Gasteiger partial charge is 0.373 e. The molecule has 38 heavy (non-hydrogen) atoms. The fraction of sp³-hybridized carbons (Fsp3) is 0.333. The second-order valence-electron chi connectivity index (χ2n) is 10.4. The van der Waals surface area contributed by atoms with Gasteiger partial charge in [-0.2, -0.15) is 5.10 Å². The normalized spacial score (nSPS) is 18.2. The first kappa shape index (κ1) is 24.6. The van der Waals surface area contributed by atoms with Crippen molar-refractivity contribution in [1.29, 1.82) is 0 Å². The molecule has 1 saturated heterocycles. The van der Waals surface area contributed by atoms with E-state index in [0.29, 0.717) is 19.3 Å². The molecule has 1 fully saturated rings. The van der Waals surface area contributed by atoms with Crippen molar-refractivity contribution < 1.29 is 9.47 Å². The number of hydrogen-bond donors (Lipinski definition) is 2. The Balaban J connectivity index is 1.27. The summed E-state index contributed by atoms with van der Waals surface area (Å²) in [6, 6.07) is 23.1. The van der Waals surface area contributed by atoms with Gasteiger partial charge < -0.3 is 24.3 Å². The molecule has 1 aliphatic heterocycles. The molecule has 196 valence electrons. The second kappa shape index (κ2) is 10.6. The molecule has 8 nitrogen and oxygen atoms in total. The highest BCUT2D eigenvalue weighted by molar-refractivity contribution is 5.95. The number of ether oxygens (including phenoxy) is 2. The standard InChI is InChI=1S/C30H34N6O2/c1-20-17-38-24(15-35(2)3)16-36(20)23-12-13-25-27(14-23)32-30(31-25)29-28-22(10-7-11-26(28)33-34-29)19-37-18-21-8-5-4-6-9-21/h4-14,20,24H,15-19H2,1-3H3,(H,31,32)(H,33,34). The molecule has 3 heterocycles. The number of benzene rings is 3. The number of imidazole rings is 1. The summed E-state index contributed by atoms with van der Waals surface area (Å²) in [5, 5.41) is 8.86. The van der Waals surface area contributed by atoms with Gasteiger partial charge in [0.25, 0.3) is 0 Å². The maximum absolute atomic E-state index is 6.07. The van der Waals surface area contributed by atoms with Crippen LogP contribution in [0.1, 0.15) is 18.1 Å². The smallest absolute Gasteiger partial charge is 0.159 e. The maximum Gasteiger partial charge on any atom is 0.159 e. The second-order valence-corrected chi connectivity index (χ2v) is 10.4. The lowest BCUT2D eigenvalue weighted by atomic mass is 10.1. The van der Waals surface area contributed by atoms with Crippen LogP contribution in [0.15, 0.2) is 66.7 Å². The highest BCUT2D eigenvalue weighted by Crippen LogP contribution is 2.31. The van der Waals surface area contributed by atoms with Crippen LogP contribution in [0.4, 0.5) is 5.69 Å². The summed E-state index contributed by atoms with van der Waals surface area (Å²) in [6.07, 6.45) is 0.187. The first-order chi connectivity index (χ1) is 18.5. The Morgan fingerprint density at radius 1 is 1.03 bits per heavy atom. The van der Waals surface area contributed by atoms with E-state index in [1.54, 1.807) is 0 Å². The van der Waals surface area contributed by atoms with Gasteiger partial charge in [0, 0.05) is 30.2 Å². The Labute approximate surface area is 222 Å². The molecule has 0 bridgehead atoms. The Morgan fingerprint density at radius 2 is 1.89 bits per heavy atom. The Morgan fingerprint density at radius 3 is 2.74 bits per heavy atom. The highest BCUT2D eigenvalue weighted by Gasteiger charge is 2.27. The minimum absolute atomic E-state index is 0.187. The first-order valence-electron chi connectivity index (χ1n) is 13.2. The molecule has 2 aromatic heterocycles. The summed E-state index contributed by atoms with van der Waals surface area (Å²) >= 11 is 0.